The van der Waals surface area contributed by atoms with Crippen molar-refractivity contribution in [2.45, 2.75) is 24.3 Å². The number of hydrogen-bond acceptors (Lipinski definition) is 7. The van der Waals surface area contributed by atoms with Crippen LogP contribution in [0.5, 0.6) is 5.75 Å². The van der Waals surface area contributed by atoms with Gasteiger partial charge in [0.1, 0.15) is 11.4 Å². The molecule has 0 spiro atoms. The largest absolute Gasteiger partial charge is 0.494 e. The molecule has 1 amide bonds. The van der Waals surface area contributed by atoms with Crippen molar-refractivity contribution in [3.63, 3.8) is 0 Å². The van der Waals surface area contributed by atoms with Crippen molar-refractivity contribution in [2.24, 2.45) is 0 Å². The van der Waals surface area contributed by atoms with Crippen LogP contribution in [0, 0.1) is 6.92 Å². The number of nitrogens with one attached hydrogen (secondary N) is 1. The molecule has 9 heteroatoms. The highest BCUT2D eigenvalue weighted by Crippen LogP contribution is 2.29. The average Bonchev–Trinajstić information content (AvgIpc) is 3.16. The number of amides is 1. The maximum absolute atomic E-state index is 12.6. The fourth-order valence-corrected chi connectivity index (χ4v) is 3.47. The first-order valence-corrected chi connectivity index (χ1v) is 9.95. The van der Waals surface area contributed by atoms with Crippen molar-refractivity contribution in [3.8, 4) is 11.4 Å². The monoisotopic (exact) mass is 412 g/mol. The summed E-state index contributed by atoms with van der Waals surface area (Å²) in [5.74, 6) is 0.529. The van der Waals surface area contributed by atoms with Crippen molar-refractivity contribution < 1.29 is 9.53 Å². The van der Waals surface area contributed by atoms with Crippen LogP contribution >= 0.6 is 11.8 Å². The third-order valence-electron chi connectivity index (χ3n) is 4.31. The number of aryl methyl sites for hydroxylation is 1. The van der Waals surface area contributed by atoms with Gasteiger partial charge in [-0.3, -0.25) is 4.79 Å². The zero-order chi connectivity index (χ0) is 21.0. The minimum atomic E-state index is -0.399. The van der Waals surface area contributed by atoms with Crippen molar-refractivity contribution in [3.05, 3.63) is 48.0 Å². The fourth-order valence-electron chi connectivity index (χ4n) is 2.67. The maximum Gasteiger partial charge on any atom is 0.237 e. The van der Waals surface area contributed by atoms with Gasteiger partial charge in [-0.2, -0.15) is 4.68 Å². The van der Waals surface area contributed by atoms with Gasteiger partial charge in [0.2, 0.25) is 11.1 Å². The van der Waals surface area contributed by atoms with Gasteiger partial charge in [0.15, 0.2) is 0 Å². The SMILES string of the molecule is COc1ccc(C)cc1-n1nnnc1S[C@@H](C)C(=O)Nc1ccc(N(C)C)cc1. The molecular weight excluding hydrogens is 388 g/mol. The molecule has 1 atom stereocenters. The molecule has 152 valence electrons. The number of rotatable bonds is 7. The molecule has 2 aromatic carbocycles. The lowest BCUT2D eigenvalue weighted by molar-refractivity contribution is -0.115. The average molecular weight is 413 g/mol. The number of carbonyl (C=O) groups is 1. The van der Waals surface area contributed by atoms with Crippen LogP contribution in [-0.4, -0.2) is 52.6 Å². The Hall–Kier alpha value is -3.07. The van der Waals surface area contributed by atoms with Gasteiger partial charge < -0.3 is 15.0 Å². The molecule has 0 radical (unpaired) electrons. The molecule has 3 rings (SSSR count). The highest BCUT2D eigenvalue weighted by Gasteiger charge is 2.21. The topological polar surface area (TPSA) is 85.2 Å². The molecule has 0 fully saturated rings. The van der Waals surface area contributed by atoms with Gasteiger partial charge in [0.05, 0.1) is 12.4 Å². The van der Waals surface area contributed by atoms with Crippen LogP contribution in [0.15, 0.2) is 47.6 Å². The van der Waals surface area contributed by atoms with E-state index < -0.39 is 5.25 Å². The summed E-state index contributed by atoms with van der Waals surface area (Å²) in [5.41, 5.74) is 3.59. The summed E-state index contributed by atoms with van der Waals surface area (Å²) < 4.78 is 7.02. The predicted molar refractivity (Wildman–Crippen MR) is 115 cm³/mol. The number of nitrogens with zero attached hydrogens (tertiary/aromatic N) is 5. The Morgan fingerprint density at radius 2 is 1.93 bits per heavy atom. The normalized spacial score (nSPS) is 11.8. The summed E-state index contributed by atoms with van der Waals surface area (Å²) in [5, 5.41) is 15.0. The number of carbonyl (C=O) groups excluding carboxylic acids is 1. The Morgan fingerprint density at radius 1 is 1.21 bits per heavy atom. The first-order valence-electron chi connectivity index (χ1n) is 9.07. The fraction of sp³-hybridized carbons (Fsp3) is 0.300. The summed E-state index contributed by atoms with van der Waals surface area (Å²) >= 11 is 1.28. The highest BCUT2D eigenvalue weighted by atomic mass is 32.2. The minimum absolute atomic E-state index is 0.127. The Kier molecular flexibility index (Phi) is 6.38. The van der Waals surface area contributed by atoms with Gasteiger partial charge in [0, 0.05) is 25.5 Å². The van der Waals surface area contributed by atoms with Gasteiger partial charge in [-0.25, -0.2) is 0 Å². The number of benzene rings is 2. The molecule has 1 heterocycles. The number of ether oxygens (including phenoxy) is 1. The van der Waals surface area contributed by atoms with E-state index in [4.69, 9.17) is 4.74 Å². The molecule has 0 saturated heterocycles. The second-order valence-electron chi connectivity index (χ2n) is 6.74. The Morgan fingerprint density at radius 3 is 2.59 bits per heavy atom. The van der Waals surface area contributed by atoms with Gasteiger partial charge in [-0.1, -0.05) is 17.8 Å². The van der Waals surface area contributed by atoms with Crippen molar-refractivity contribution in [1.82, 2.24) is 20.2 Å². The zero-order valence-electron chi connectivity index (χ0n) is 17.1. The van der Waals surface area contributed by atoms with E-state index >= 15 is 0 Å². The van der Waals surface area contributed by atoms with E-state index in [1.54, 1.807) is 11.8 Å². The van der Waals surface area contributed by atoms with Crippen LogP contribution in [-0.2, 0) is 4.79 Å². The van der Waals surface area contributed by atoms with Crippen LogP contribution < -0.4 is 15.0 Å². The lowest BCUT2D eigenvalue weighted by Gasteiger charge is -2.15. The summed E-state index contributed by atoms with van der Waals surface area (Å²) in [7, 11) is 5.54. The highest BCUT2D eigenvalue weighted by molar-refractivity contribution is 8.00. The van der Waals surface area contributed by atoms with Crippen molar-refractivity contribution >= 4 is 29.0 Å². The molecule has 1 N–H and O–H groups in total. The van der Waals surface area contributed by atoms with E-state index in [-0.39, 0.29) is 5.91 Å². The third kappa shape index (κ3) is 4.86. The molecule has 8 nitrogen and oxygen atoms in total. The number of tetrazole rings is 1. The van der Waals surface area contributed by atoms with Crippen molar-refractivity contribution in [1.29, 1.82) is 0 Å². The number of anilines is 2. The molecule has 1 aromatic heterocycles. The van der Waals surface area contributed by atoms with Gasteiger partial charge >= 0.3 is 0 Å². The van der Waals surface area contributed by atoms with Crippen LogP contribution in [0.3, 0.4) is 0 Å². The zero-order valence-corrected chi connectivity index (χ0v) is 17.9. The first kappa shape index (κ1) is 20.7. The van der Waals surface area contributed by atoms with Gasteiger partial charge in [-0.05, 0) is 66.2 Å². The molecule has 0 unspecified atom stereocenters. The third-order valence-corrected chi connectivity index (χ3v) is 5.34. The minimum Gasteiger partial charge on any atom is -0.494 e. The van der Waals surface area contributed by atoms with Crippen LogP contribution in [0.25, 0.3) is 5.69 Å². The molecule has 29 heavy (non-hydrogen) atoms. The molecule has 0 bridgehead atoms. The number of thioether (sulfide) groups is 1. The maximum atomic E-state index is 12.6. The lowest BCUT2D eigenvalue weighted by atomic mass is 10.2. The molecule has 0 aliphatic rings. The lowest BCUT2D eigenvalue weighted by Crippen LogP contribution is -2.23. The van der Waals surface area contributed by atoms with E-state index in [0.717, 1.165) is 22.6 Å². The van der Waals surface area contributed by atoms with E-state index in [1.807, 2.05) is 75.3 Å². The summed E-state index contributed by atoms with van der Waals surface area (Å²) in [6.45, 7) is 3.80. The predicted octanol–water partition coefficient (Wildman–Crippen LogP) is 3.16. The standard InChI is InChI=1S/C20H24N6O2S/c1-13-6-11-18(28-5)17(12-13)26-20(22-23-24-26)29-14(2)19(27)21-15-7-9-16(10-8-15)25(3)4/h6-12,14H,1-5H3,(H,21,27)/t14-/m0/s1. The number of hydrogen-bond donors (Lipinski definition) is 1. The van der Waals surface area contributed by atoms with Gasteiger partial charge in [-0.15, -0.1) is 5.10 Å². The first-order chi connectivity index (χ1) is 13.9. The van der Waals surface area contributed by atoms with Crippen LogP contribution in [0.4, 0.5) is 11.4 Å². The van der Waals surface area contributed by atoms with E-state index in [9.17, 15) is 4.79 Å². The van der Waals surface area contributed by atoms with Crippen LogP contribution in [0.2, 0.25) is 0 Å². The number of aromatic nitrogens is 4. The number of methoxy groups -OCH3 is 1. The quantitative estimate of drug-likeness (QED) is 0.597. The second-order valence-corrected chi connectivity index (χ2v) is 8.05. The molecule has 0 saturated carbocycles. The molecule has 3 aromatic rings. The van der Waals surface area contributed by atoms with E-state index in [2.05, 4.69) is 20.8 Å². The second kappa shape index (κ2) is 8.95. The summed E-state index contributed by atoms with van der Waals surface area (Å²) in [6.07, 6.45) is 0. The van der Waals surface area contributed by atoms with Crippen molar-refractivity contribution in [2.75, 3.05) is 31.4 Å². The van der Waals surface area contributed by atoms with Gasteiger partial charge in [0.25, 0.3) is 0 Å². The Balaban J connectivity index is 1.73. The molecule has 0 aliphatic carbocycles. The Labute approximate surface area is 174 Å². The van der Waals surface area contributed by atoms with E-state index in [0.29, 0.717) is 10.9 Å². The molecular formula is C20H24N6O2S. The summed E-state index contributed by atoms with van der Waals surface area (Å²) in [6, 6.07) is 13.4. The van der Waals surface area contributed by atoms with Crippen LogP contribution in [0.1, 0.15) is 12.5 Å². The smallest absolute Gasteiger partial charge is 0.237 e. The van der Waals surface area contributed by atoms with E-state index in [1.165, 1.54) is 11.8 Å². The molecule has 0 aliphatic heterocycles. The Bertz CT molecular complexity index is 987. The summed E-state index contributed by atoms with van der Waals surface area (Å²) in [4.78, 5) is 14.6.